The van der Waals surface area contributed by atoms with Crippen LogP contribution >= 0.6 is 0 Å². The quantitative estimate of drug-likeness (QED) is 0.570. The number of nitrogens with zero attached hydrogens (tertiary/aromatic N) is 2. The lowest BCUT2D eigenvalue weighted by molar-refractivity contribution is -0.384. The Bertz CT molecular complexity index is 765. The molecule has 2 aliphatic rings. The van der Waals surface area contributed by atoms with Gasteiger partial charge in [-0.15, -0.1) is 0 Å². The fourth-order valence-corrected chi connectivity index (χ4v) is 4.33. The summed E-state index contributed by atoms with van der Waals surface area (Å²) in [4.78, 5) is 37.1. The van der Waals surface area contributed by atoms with Crippen molar-refractivity contribution in [3.8, 4) is 0 Å². The fourth-order valence-electron chi connectivity index (χ4n) is 4.33. The van der Waals surface area contributed by atoms with Crippen molar-refractivity contribution in [1.82, 2.24) is 5.32 Å². The first kappa shape index (κ1) is 20.1. The lowest BCUT2D eigenvalue weighted by atomic mass is 9.92. The van der Waals surface area contributed by atoms with E-state index in [2.05, 4.69) is 12.2 Å². The second kappa shape index (κ2) is 8.16. The molecule has 0 aromatic heterocycles. The molecule has 1 aliphatic carbocycles. The number of hydrogen-bond acceptors (Lipinski definition) is 5. The maximum absolute atomic E-state index is 12.8. The third kappa shape index (κ3) is 4.43. The molecule has 1 aromatic carbocycles. The van der Waals surface area contributed by atoms with Gasteiger partial charge in [0.05, 0.1) is 16.9 Å². The van der Waals surface area contributed by atoms with Crippen LogP contribution in [0.25, 0.3) is 0 Å². The molecule has 2 N–H and O–H groups in total. The minimum absolute atomic E-state index is 0.0825. The Hall–Kier alpha value is -2.64. The predicted octanol–water partition coefficient (Wildman–Crippen LogP) is 3.35. The summed E-state index contributed by atoms with van der Waals surface area (Å²) >= 11 is 0. The second-order valence-electron chi connectivity index (χ2n) is 8.14. The minimum Gasteiger partial charge on any atom is -0.481 e. The summed E-state index contributed by atoms with van der Waals surface area (Å²) in [6.07, 6.45) is 4.77. The molecule has 0 bridgehead atoms. The van der Waals surface area contributed by atoms with Crippen LogP contribution in [0, 0.1) is 16.0 Å². The van der Waals surface area contributed by atoms with Crippen molar-refractivity contribution in [2.24, 2.45) is 5.92 Å². The smallest absolute Gasteiger partial charge is 0.305 e. The average molecular weight is 389 g/mol. The van der Waals surface area contributed by atoms with Crippen molar-refractivity contribution in [1.29, 1.82) is 0 Å². The van der Waals surface area contributed by atoms with E-state index in [-0.39, 0.29) is 17.7 Å². The number of nitro benzene ring substituents is 1. The molecule has 0 spiro atoms. The number of anilines is 1. The standard InChI is InChI=1S/C20H27N3O5/c1-14-6-10-22(11-7-14)16-5-4-15(12-17(16)23(27)28)19(26)21-20(13-18(24)25)8-2-3-9-20/h4-5,12,14H,2-3,6-11,13H2,1H3,(H,21,26)(H,24,25). The zero-order valence-corrected chi connectivity index (χ0v) is 16.1. The first-order valence-corrected chi connectivity index (χ1v) is 9.87. The van der Waals surface area contributed by atoms with Crippen molar-refractivity contribution in [3.05, 3.63) is 33.9 Å². The molecule has 2 fully saturated rings. The highest BCUT2D eigenvalue weighted by Crippen LogP contribution is 2.35. The molecule has 1 saturated heterocycles. The Morgan fingerprint density at radius 3 is 2.50 bits per heavy atom. The van der Waals surface area contributed by atoms with Crippen LogP contribution in [0.3, 0.4) is 0 Å². The minimum atomic E-state index is -0.956. The molecule has 1 aliphatic heterocycles. The van der Waals surface area contributed by atoms with Gasteiger partial charge >= 0.3 is 5.97 Å². The van der Waals surface area contributed by atoms with Crippen LogP contribution < -0.4 is 10.2 Å². The summed E-state index contributed by atoms with van der Waals surface area (Å²) in [6, 6.07) is 4.55. The van der Waals surface area contributed by atoms with Gasteiger partial charge in [0.1, 0.15) is 5.69 Å². The molecule has 1 saturated carbocycles. The first-order valence-electron chi connectivity index (χ1n) is 9.87. The van der Waals surface area contributed by atoms with Crippen molar-refractivity contribution in [3.63, 3.8) is 0 Å². The van der Waals surface area contributed by atoms with E-state index in [1.165, 1.54) is 6.07 Å². The summed E-state index contributed by atoms with van der Waals surface area (Å²) in [6.45, 7) is 3.69. The molecule has 0 unspecified atom stereocenters. The first-order chi connectivity index (χ1) is 13.3. The average Bonchev–Trinajstić information content (AvgIpc) is 3.09. The Morgan fingerprint density at radius 2 is 1.93 bits per heavy atom. The van der Waals surface area contributed by atoms with Gasteiger partial charge in [-0.1, -0.05) is 19.8 Å². The van der Waals surface area contributed by atoms with Crippen LogP contribution in [-0.2, 0) is 4.79 Å². The largest absolute Gasteiger partial charge is 0.481 e. The highest BCUT2D eigenvalue weighted by molar-refractivity contribution is 5.96. The molecule has 0 radical (unpaired) electrons. The molecule has 8 nitrogen and oxygen atoms in total. The molecule has 1 amide bonds. The van der Waals surface area contributed by atoms with Gasteiger partial charge in [0.25, 0.3) is 11.6 Å². The molecule has 3 rings (SSSR count). The van der Waals surface area contributed by atoms with Crippen LogP contribution in [0.1, 0.15) is 62.2 Å². The third-order valence-electron chi connectivity index (χ3n) is 5.99. The number of benzene rings is 1. The lowest BCUT2D eigenvalue weighted by Gasteiger charge is -2.32. The van der Waals surface area contributed by atoms with Gasteiger partial charge < -0.3 is 15.3 Å². The molecule has 1 heterocycles. The van der Waals surface area contributed by atoms with Crippen molar-refractivity contribution < 1.29 is 19.6 Å². The van der Waals surface area contributed by atoms with E-state index in [0.717, 1.165) is 38.8 Å². The molecule has 0 atom stereocenters. The van der Waals surface area contributed by atoms with Crippen LogP contribution in [-0.4, -0.2) is 40.5 Å². The van der Waals surface area contributed by atoms with Crippen LogP contribution in [0.4, 0.5) is 11.4 Å². The zero-order chi connectivity index (χ0) is 20.3. The second-order valence-corrected chi connectivity index (χ2v) is 8.14. The van der Waals surface area contributed by atoms with E-state index < -0.39 is 22.3 Å². The summed E-state index contributed by atoms with van der Waals surface area (Å²) in [5.74, 6) is -0.801. The van der Waals surface area contributed by atoms with Crippen LogP contribution in [0.15, 0.2) is 18.2 Å². The third-order valence-corrected chi connectivity index (χ3v) is 5.99. The number of nitrogens with one attached hydrogen (secondary N) is 1. The van der Waals surface area contributed by atoms with Gasteiger partial charge in [0, 0.05) is 24.7 Å². The van der Waals surface area contributed by atoms with E-state index in [4.69, 9.17) is 0 Å². The topological polar surface area (TPSA) is 113 Å². The number of nitro groups is 1. The SMILES string of the molecule is CC1CCN(c2ccc(C(=O)NC3(CC(=O)O)CCCC3)cc2[N+](=O)[O-])CC1. The summed E-state index contributed by atoms with van der Waals surface area (Å²) < 4.78 is 0. The number of carboxylic acids is 1. The lowest BCUT2D eigenvalue weighted by Crippen LogP contribution is -2.47. The van der Waals surface area contributed by atoms with Crippen LogP contribution in [0.5, 0.6) is 0 Å². The Labute approximate surface area is 164 Å². The van der Waals surface area contributed by atoms with Gasteiger partial charge in [-0.3, -0.25) is 19.7 Å². The van der Waals surface area contributed by atoms with Crippen molar-refractivity contribution in [2.45, 2.75) is 57.4 Å². The number of carbonyl (C=O) groups excluding carboxylic acids is 1. The molecule has 1 aromatic rings. The summed E-state index contributed by atoms with van der Waals surface area (Å²) in [7, 11) is 0. The van der Waals surface area contributed by atoms with Crippen molar-refractivity contribution in [2.75, 3.05) is 18.0 Å². The van der Waals surface area contributed by atoms with E-state index >= 15 is 0 Å². The number of piperidine rings is 1. The fraction of sp³-hybridized carbons (Fsp3) is 0.600. The van der Waals surface area contributed by atoms with Gasteiger partial charge in [0.15, 0.2) is 0 Å². The number of carbonyl (C=O) groups is 2. The molecular formula is C20H27N3O5. The summed E-state index contributed by atoms with van der Waals surface area (Å²) in [5, 5.41) is 23.7. The Morgan fingerprint density at radius 1 is 1.29 bits per heavy atom. The molecule has 152 valence electrons. The Balaban J connectivity index is 1.82. The molecular weight excluding hydrogens is 362 g/mol. The van der Waals surface area contributed by atoms with E-state index in [1.54, 1.807) is 12.1 Å². The number of rotatable bonds is 6. The van der Waals surface area contributed by atoms with Gasteiger partial charge in [-0.05, 0) is 43.7 Å². The zero-order valence-electron chi connectivity index (χ0n) is 16.1. The Kier molecular flexibility index (Phi) is 5.86. The number of hydrogen-bond donors (Lipinski definition) is 2. The highest BCUT2D eigenvalue weighted by Gasteiger charge is 2.38. The molecule has 8 heteroatoms. The van der Waals surface area contributed by atoms with Gasteiger partial charge in [-0.25, -0.2) is 0 Å². The van der Waals surface area contributed by atoms with E-state index in [1.807, 2.05) is 4.90 Å². The maximum Gasteiger partial charge on any atom is 0.305 e. The van der Waals surface area contributed by atoms with Crippen molar-refractivity contribution >= 4 is 23.3 Å². The van der Waals surface area contributed by atoms with E-state index in [9.17, 15) is 24.8 Å². The monoisotopic (exact) mass is 389 g/mol. The normalized spacial score (nSPS) is 19.4. The van der Waals surface area contributed by atoms with Gasteiger partial charge in [-0.2, -0.15) is 0 Å². The summed E-state index contributed by atoms with van der Waals surface area (Å²) in [5.41, 5.74) is -0.118. The number of amides is 1. The van der Waals surface area contributed by atoms with Gasteiger partial charge in [0.2, 0.25) is 0 Å². The molecule has 28 heavy (non-hydrogen) atoms. The number of aliphatic carboxylic acids is 1. The van der Waals surface area contributed by atoms with Crippen LogP contribution in [0.2, 0.25) is 0 Å². The van der Waals surface area contributed by atoms with E-state index in [0.29, 0.717) is 24.4 Å². The number of carboxylic acid groups (broad SMARTS) is 1. The maximum atomic E-state index is 12.8. The highest BCUT2D eigenvalue weighted by atomic mass is 16.6. The predicted molar refractivity (Wildman–Crippen MR) is 105 cm³/mol.